The quantitative estimate of drug-likeness (QED) is 0.149. The monoisotopic (exact) mass is 527 g/mol. The van der Waals surface area contributed by atoms with Crippen LogP contribution in [-0.4, -0.2) is 71.9 Å². The summed E-state index contributed by atoms with van der Waals surface area (Å²) < 4.78 is 18.6. The maximum absolute atomic E-state index is 12.5. The summed E-state index contributed by atoms with van der Waals surface area (Å²) in [5.74, 6) is 0.159. The Kier molecular flexibility index (Phi) is 12.1. The zero-order chi connectivity index (χ0) is 27.4. The molecule has 0 aromatic heterocycles. The molecule has 204 valence electrons. The average Bonchev–Trinajstić information content (AvgIpc) is 2.87. The highest BCUT2D eigenvalue weighted by Gasteiger charge is 2.19. The third-order valence-electron chi connectivity index (χ3n) is 5.99. The predicted molar refractivity (Wildman–Crippen MR) is 160 cm³/mol. The van der Waals surface area contributed by atoms with Gasteiger partial charge in [-0.25, -0.2) is 0 Å². The highest BCUT2D eigenvalue weighted by molar-refractivity contribution is 8.01. The second-order valence-corrected chi connectivity index (χ2v) is 13.2. The molecular weight excluding hydrogens is 482 g/mol. The van der Waals surface area contributed by atoms with E-state index in [0.717, 1.165) is 47.4 Å². The molecular formula is C29H45N5O2S. The molecule has 0 fully saturated rings. The fraction of sp³-hybridized carbons (Fsp3) is 0.483. The van der Waals surface area contributed by atoms with E-state index in [1.807, 2.05) is 68.4 Å². The van der Waals surface area contributed by atoms with Crippen LogP contribution in [-0.2, 0) is 14.7 Å². The Hall–Kier alpha value is -2.84. The van der Waals surface area contributed by atoms with E-state index < -0.39 is 16.2 Å². The summed E-state index contributed by atoms with van der Waals surface area (Å²) in [7, 11) is -0.398. The van der Waals surface area contributed by atoms with Crippen molar-refractivity contribution in [3.8, 4) is 0 Å². The van der Waals surface area contributed by atoms with E-state index in [4.69, 9.17) is 20.9 Å². The molecule has 1 aromatic rings. The highest BCUT2D eigenvalue weighted by atomic mass is 32.2. The molecule has 37 heavy (non-hydrogen) atoms. The summed E-state index contributed by atoms with van der Waals surface area (Å²) in [5, 5.41) is 8.61. The molecule has 0 saturated carbocycles. The number of ether oxygens (including phenoxy) is 1. The second-order valence-electron chi connectivity index (χ2n) is 9.96. The predicted octanol–water partition coefficient (Wildman–Crippen LogP) is 4.76. The van der Waals surface area contributed by atoms with Gasteiger partial charge in [0.1, 0.15) is 0 Å². The first-order valence-electron chi connectivity index (χ1n) is 13.0. The van der Waals surface area contributed by atoms with Crippen LogP contribution in [0.15, 0.2) is 74.7 Å². The zero-order valence-corrected chi connectivity index (χ0v) is 24.2. The molecule has 0 saturated heterocycles. The maximum atomic E-state index is 12.5. The summed E-state index contributed by atoms with van der Waals surface area (Å²) in [6, 6.07) is 7.81. The third kappa shape index (κ3) is 10.2. The molecule has 2 rings (SSSR count). The lowest BCUT2D eigenvalue weighted by Crippen LogP contribution is -2.35. The fourth-order valence-electron chi connectivity index (χ4n) is 3.60. The summed E-state index contributed by atoms with van der Waals surface area (Å²) in [4.78, 5) is 12.2. The van der Waals surface area contributed by atoms with Crippen molar-refractivity contribution in [3.05, 3.63) is 65.4 Å². The van der Waals surface area contributed by atoms with Crippen molar-refractivity contribution in [2.24, 2.45) is 15.7 Å². The molecule has 0 bridgehead atoms. The van der Waals surface area contributed by atoms with E-state index in [1.54, 1.807) is 18.7 Å². The van der Waals surface area contributed by atoms with Gasteiger partial charge in [-0.1, -0.05) is 59.2 Å². The first-order valence-corrected chi connectivity index (χ1v) is 15.6. The lowest BCUT2D eigenvalue weighted by molar-refractivity contribution is 0.0753. The number of likely N-dealkylation sites (N-methyl/N-ethyl adjacent to an activating group) is 1. The number of nitrogens with two attached hydrogens (primary N) is 1. The van der Waals surface area contributed by atoms with Gasteiger partial charge in [0, 0.05) is 41.9 Å². The number of rotatable bonds is 13. The molecule has 0 heterocycles. The van der Waals surface area contributed by atoms with Gasteiger partial charge in [0.2, 0.25) is 5.90 Å². The number of aliphatic imine (C=N–C) groups is 2. The van der Waals surface area contributed by atoms with Gasteiger partial charge in [0.15, 0.2) is 6.23 Å². The Morgan fingerprint density at radius 3 is 2.46 bits per heavy atom. The van der Waals surface area contributed by atoms with Crippen LogP contribution in [0.3, 0.4) is 0 Å². The topological polar surface area (TPSA) is 104 Å². The second kappa shape index (κ2) is 14.8. The maximum Gasteiger partial charge on any atom is 0.211 e. The molecule has 1 unspecified atom stereocenters. The zero-order valence-electron chi connectivity index (χ0n) is 23.3. The van der Waals surface area contributed by atoms with Gasteiger partial charge in [-0.3, -0.25) is 19.6 Å². The summed E-state index contributed by atoms with van der Waals surface area (Å²) in [6.45, 7) is 7.02. The lowest BCUT2D eigenvalue weighted by atomic mass is 9.98. The number of nitrogens with zero attached hydrogens (tertiary/aromatic N) is 3. The molecule has 1 aromatic carbocycles. The van der Waals surface area contributed by atoms with Gasteiger partial charge in [-0.2, -0.15) is 0 Å². The lowest BCUT2D eigenvalue weighted by Gasteiger charge is -2.27. The normalized spacial score (nSPS) is 16.2. The van der Waals surface area contributed by atoms with Crippen LogP contribution in [0.4, 0.5) is 0 Å². The number of thiol groups is 1. The molecule has 0 spiro atoms. The van der Waals surface area contributed by atoms with Gasteiger partial charge in [0.25, 0.3) is 0 Å². The van der Waals surface area contributed by atoms with Crippen LogP contribution in [0.25, 0.3) is 0 Å². The molecule has 1 aliphatic carbocycles. The van der Waals surface area contributed by atoms with Crippen LogP contribution in [0, 0.1) is 5.41 Å². The van der Waals surface area contributed by atoms with Crippen LogP contribution < -0.4 is 5.73 Å². The van der Waals surface area contributed by atoms with E-state index >= 15 is 0 Å². The molecule has 0 radical (unpaired) electrons. The molecule has 3 N–H and O–H groups in total. The van der Waals surface area contributed by atoms with E-state index in [0.29, 0.717) is 13.1 Å². The first kappa shape index (κ1) is 30.4. The fourth-order valence-corrected chi connectivity index (χ4v) is 4.47. The molecule has 0 amide bonds. The Morgan fingerprint density at radius 2 is 1.92 bits per heavy atom. The highest BCUT2D eigenvalue weighted by Crippen LogP contribution is 2.20. The van der Waals surface area contributed by atoms with Gasteiger partial charge in [0.05, 0.1) is 12.3 Å². The van der Waals surface area contributed by atoms with Crippen LogP contribution >= 0.6 is 0 Å². The number of unbranched alkanes of at least 4 members (excludes halogenated alkanes) is 1. The minimum Gasteiger partial charge on any atom is -0.452 e. The van der Waals surface area contributed by atoms with E-state index in [2.05, 4.69) is 18.0 Å². The minimum atomic E-state index is -2.34. The summed E-state index contributed by atoms with van der Waals surface area (Å²) in [6.07, 6.45) is 16.5. The SMILES string of the molecule is CCC/C=C\N(C)C(C/N=C(\C=N/C(C)C)c1ccc([SH](C)(C)=O)cc1)OC(=N)C1=CC=C(CN)CC1. The summed E-state index contributed by atoms with van der Waals surface area (Å²) in [5.41, 5.74) is 9.42. The number of benzene rings is 1. The van der Waals surface area contributed by atoms with Gasteiger partial charge < -0.3 is 15.4 Å². The Bertz CT molecular complexity index is 1090. The Morgan fingerprint density at radius 1 is 1.22 bits per heavy atom. The molecule has 1 aliphatic rings. The van der Waals surface area contributed by atoms with Crippen molar-refractivity contribution in [2.45, 2.75) is 63.6 Å². The van der Waals surface area contributed by atoms with Crippen molar-refractivity contribution < 1.29 is 8.95 Å². The molecule has 8 heteroatoms. The average molecular weight is 528 g/mol. The van der Waals surface area contributed by atoms with Crippen LogP contribution in [0.5, 0.6) is 0 Å². The van der Waals surface area contributed by atoms with Crippen molar-refractivity contribution in [3.63, 3.8) is 0 Å². The molecule has 0 aliphatic heterocycles. The summed E-state index contributed by atoms with van der Waals surface area (Å²) >= 11 is 0. The van der Waals surface area contributed by atoms with E-state index in [1.165, 1.54) is 5.57 Å². The first-order chi connectivity index (χ1) is 17.5. The van der Waals surface area contributed by atoms with Crippen molar-refractivity contribution >= 4 is 27.8 Å². The number of hydrogen-bond donors (Lipinski definition) is 3. The molecule has 7 nitrogen and oxygen atoms in total. The van der Waals surface area contributed by atoms with Crippen molar-refractivity contribution in [1.29, 1.82) is 5.41 Å². The Balaban J connectivity index is 2.34. The van der Waals surface area contributed by atoms with Gasteiger partial charge in [-0.05, 0) is 64.0 Å². The van der Waals surface area contributed by atoms with E-state index in [9.17, 15) is 4.21 Å². The number of nitrogens with one attached hydrogen (secondary N) is 1. The minimum absolute atomic E-state index is 0.126. The van der Waals surface area contributed by atoms with Gasteiger partial charge in [-0.15, -0.1) is 0 Å². The Labute approximate surface area is 224 Å². The van der Waals surface area contributed by atoms with Crippen molar-refractivity contribution in [2.75, 3.05) is 32.6 Å². The van der Waals surface area contributed by atoms with Gasteiger partial charge >= 0.3 is 0 Å². The van der Waals surface area contributed by atoms with Crippen LogP contribution in [0.2, 0.25) is 0 Å². The van der Waals surface area contributed by atoms with E-state index in [-0.39, 0.29) is 11.9 Å². The number of hydrogen-bond acceptors (Lipinski definition) is 7. The van der Waals surface area contributed by atoms with Crippen molar-refractivity contribution in [1.82, 2.24) is 4.90 Å². The third-order valence-corrected chi connectivity index (χ3v) is 7.53. The number of allylic oxidation sites excluding steroid dienone is 3. The largest absolute Gasteiger partial charge is 0.452 e. The standard InChI is InChI=1S/C29H45N5O2S/c1-7-8-9-18-34(4)28(36-29(31)25-12-10-23(19-30)11-13-25)21-33-27(20-32-22(2)3)24-14-16-26(17-15-24)37(5,6)35/h9-10,12,14-18,20,22,28,31,37H,7-8,11,13,19,21,30H2,1-6H3/b18-9-,31-29?,32-20-,33-27+. The molecule has 1 atom stereocenters. The van der Waals surface area contributed by atoms with Crippen LogP contribution in [0.1, 0.15) is 52.0 Å². The smallest absolute Gasteiger partial charge is 0.211 e.